The molecule has 1 heterocycles. The molecule has 2 aromatic rings. The van der Waals surface area contributed by atoms with Crippen molar-refractivity contribution in [2.75, 3.05) is 0 Å². The van der Waals surface area contributed by atoms with Gasteiger partial charge in [-0.25, -0.2) is 0 Å². The third-order valence-electron chi connectivity index (χ3n) is 2.76. The van der Waals surface area contributed by atoms with Crippen LogP contribution in [-0.2, 0) is 17.6 Å². The van der Waals surface area contributed by atoms with Crippen LogP contribution in [-0.4, -0.2) is 5.78 Å². The minimum absolute atomic E-state index is 0.334. The molecular weight excluding hydrogens is 308 g/mol. The number of benzene rings is 1. The summed E-state index contributed by atoms with van der Waals surface area (Å²) in [4.78, 5) is 12.9. The van der Waals surface area contributed by atoms with E-state index in [2.05, 4.69) is 28.1 Å². The number of hydrogen-bond acceptors (Lipinski definition) is 2. The number of ketones is 1. The van der Waals surface area contributed by atoms with Crippen molar-refractivity contribution < 1.29 is 4.79 Å². The zero-order valence-corrected chi connectivity index (χ0v) is 12.5. The minimum Gasteiger partial charge on any atom is -0.299 e. The molecule has 0 spiro atoms. The molecule has 18 heavy (non-hydrogen) atoms. The summed E-state index contributed by atoms with van der Waals surface area (Å²) < 4.78 is 1.09. The molecule has 0 aliphatic carbocycles. The van der Waals surface area contributed by atoms with Crippen molar-refractivity contribution in [3.05, 3.63) is 56.7 Å². The second-order valence-corrected chi connectivity index (χ2v) is 6.81. The van der Waals surface area contributed by atoms with E-state index in [0.29, 0.717) is 18.6 Å². The van der Waals surface area contributed by atoms with Gasteiger partial charge in [0.25, 0.3) is 0 Å². The molecule has 0 bridgehead atoms. The first-order valence-corrected chi connectivity index (χ1v) is 7.65. The van der Waals surface area contributed by atoms with Gasteiger partial charge in [-0.05, 0) is 46.5 Å². The van der Waals surface area contributed by atoms with Gasteiger partial charge in [-0.1, -0.05) is 30.3 Å². The van der Waals surface area contributed by atoms with Gasteiger partial charge in [0.1, 0.15) is 5.78 Å². The van der Waals surface area contributed by atoms with Gasteiger partial charge in [0.2, 0.25) is 0 Å². The zero-order chi connectivity index (χ0) is 12.8. The van der Waals surface area contributed by atoms with Crippen molar-refractivity contribution in [1.29, 1.82) is 0 Å². The Labute approximate surface area is 120 Å². The van der Waals surface area contributed by atoms with Crippen molar-refractivity contribution in [2.24, 2.45) is 0 Å². The minimum atomic E-state index is 0.334. The van der Waals surface area contributed by atoms with Crippen LogP contribution in [0.15, 0.2) is 46.3 Å². The lowest BCUT2D eigenvalue weighted by Crippen LogP contribution is -2.01. The smallest absolute Gasteiger partial charge is 0.138 e. The molecule has 0 aliphatic heterocycles. The third-order valence-corrected chi connectivity index (χ3v) is 4.39. The SMILES string of the molecule is O=C(CCCc1ccccc1)Cc1ccc(Br)s1. The van der Waals surface area contributed by atoms with E-state index in [-0.39, 0.29) is 0 Å². The van der Waals surface area contributed by atoms with E-state index in [0.717, 1.165) is 21.5 Å². The lowest BCUT2D eigenvalue weighted by Gasteiger charge is -2.00. The Morgan fingerprint density at radius 2 is 1.89 bits per heavy atom. The highest BCUT2D eigenvalue weighted by Crippen LogP contribution is 2.23. The molecular formula is C15H15BrOS. The summed E-state index contributed by atoms with van der Waals surface area (Å²) >= 11 is 5.05. The maximum Gasteiger partial charge on any atom is 0.138 e. The van der Waals surface area contributed by atoms with Crippen molar-refractivity contribution in [3.8, 4) is 0 Å². The fourth-order valence-electron chi connectivity index (χ4n) is 1.86. The molecule has 2 rings (SSSR count). The topological polar surface area (TPSA) is 17.1 Å². The third kappa shape index (κ3) is 4.39. The van der Waals surface area contributed by atoms with Gasteiger partial charge in [0.15, 0.2) is 0 Å². The fourth-order valence-corrected chi connectivity index (χ4v) is 3.38. The number of halogens is 1. The summed E-state index contributed by atoms with van der Waals surface area (Å²) in [7, 11) is 0. The summed E-state index contributed by atoms with van der Waals surface area (Å²) in [6, 6.07) is 14.3. The highest BCUT2D eigenvalue weighted by atomic mass is 79.9. The molecule has 1 aromatic heterocycles. The monoisotopic (exact) mass is 322 g/mol. The summed E-state index contributed by atoms with van der Waals surface area (Å²) in [6.07, 6.45) is 3.17. The fraction of sp³-hybridized carbons (Fsp3) is 0.267. The Balaban J connectivity index is 1.72. The average Bonchev–Trinajstić information content (AvgIpc) is 2.76. The molecule has 1 nitrogen and oxygen atoms in total. The molecule has 94 valence electrons. The molecule has 0 atom stereocenters. The Bertz CT molecular complexity index is 504. The van der Waals surface area contributed by atoms with Crippen molar-refractivity contribution in [3.63, 3.8) is 0 Å². The van der Waals surface area contributed by atoms with Gasteiger partial charge >= 0.3 is 0 Å². The van der Waals surface area contributed by atoms with Gasteiger partial charge in [-0.3, -0.25) is 4.79 Å². The Kier molecular flexibility index (Phi) is 5.14. The normalized spacial score (nSPS) is 10.5. The average molecular weight is 323 g/mol. The van der Waals surface area contributed by atoms with E-state index >= 15 is 0 Å². The van der Waals surface area contributed by atoms with E-state index in [1.165, 1.54) is 5.56 Å². The highest BCUT2D eigenvalue weighted by Gasteiger charge is 2.06. The van der Waals surface area contributed by atoms with Crippen LogP contribution in [0.2, 0.25) is 0 Å². The molecule has 0 saturated carbocycles. The quantitative estimate of drug-likeness (QED) is 0.756. The molecule has 0 amide bonds. The summed E-state index contributed by atoms with van der Waals surface area (Å²) in [5.41, 5.74) is 1.31. The van der Waals surface area contributed by atoms with Gasteiger partial charge in [-0.2, -0.15) is 0 Å². The first-order chi connectivity index (χ1) is 8.74. The molecule has 3 heteroatoms. The summed E-state index contributed by atoms with van der Waals surface area (Å²) in [5.74, 6) is 0.334. The summed E-state index contributed by atoms with van der Waals surface area (Å²) in [6.45, 7) is 0. The van der Waals surface area contributed by atoms with Crippen LogP contribution in [0.25, 0.3) is 0 Å². The number of carbonyl (C=O) groups excluding carboxylic acids is 1. The van der Waals surface area contributed by atoms with Crippen LogP contribution in [0.5, 0.6) is 0 Å². The molecule has 1 aromatic carbocycles. The molecule has 0 N–H and O–H groups in total. The highest BCUT2D eigenvalue weighted by molar-refractivity contribution is 9.11. The van der Waals surface area contributed by atoms with Crippen LogP contribution in [0.3, 0.4) is 0 Å². The van der Waals surface area contributed by atoms with Crippen molar-refractivity contribution in [1.82, 2.24) is 0 Å². The Morgan fingerprint density at radius 1 is 1.11 bits per heavy atom. The second-order valence-electron chi connectivity index (χ2n) is 4.26. The maximum absolute atomic E-state index is 11.8. The largest absolute Gasteiger partial charge is 0.299 e. The number of rotatable bonds is 6. The van der Waals surface area contributed by atoms with E-state index in [1.54, 1.807) is 11.3 Å². The lowest BCUT2D eigenvalue weighted by atomic mass is 10.1. The van der Waals surface area contributed by atoms with Gasteiger partial charge < -0.3 is 0 Å². The first-order valence-electron chi connectivity index (χ1n) is 6.04. The van der Waals surface area contributed by atoms with Gasteiger partial charge in [-0.15, -0.1) is 11.3 Å². The maximum atomic E-state index is 11.8. The van der Waals surface area contributed by atoms with Crippen LogP contribution in [0.1, 0.15) is 23.3 Å². The summed E-state index contributed by atoms with van der Waals surface area (Å²) in [5, 5.41) is 0. The molecule has 0 aliphatic rings. The van der Waals surface area contributed by atoms with Crippen LogP contribution in [0, 0.1) is 0 Å². The number of hydrogen-bond donors (Lipinski definition) is 0. The number of aryl methyl sites for hydroxylation is 1. The van der Waals surface area contributed by atoms with E-state index in [9.17, 15) is 4.79 Å². The van der Waals surface area contributed by atoms with E-state index in [4.69, 9.17) is 0 Å². The van der Waals surface area contributed by atoms with Crippen LogP contribution in [0.4, 0.5) is 0 Å². The number of thiophene rings is 1. The Hall–Kier alpha value is -0.930. The van der Waals surface area contributed by atoms with Crippen LogP contribution >= 0.6 is 27.3 Å². The molecule has 0 saturated heterocycles. The standard InChI is InChI=1S/C15H15BrOS/c16-15-10-9-14(18-15)11-13(17)8-4-7-12-5-2-1-3-6-12/h1-3,5-6,9-10H,4,7-8,11H2. The molecule has 0 fully saturated rings. The van der Waals surface area contributed by atoms with Crippen molar-refractivity contribution in [2.45, 2.75) is 25.7 Å². The van der Waals surface area contributed by atoms with Crippen LogP contribution < -0.4 is 0 Å². The van der Waals surface area contributed by atoms with Gasteiger partial charge in [0, 0.05) is 17.7 Å². The Morgan fingerprint density at radius 3 is 2.56 bits per heavy atom. The molecule has 0 radical (unpaired) electrons. The number of Topliss-reactive ketones (excluding diaryl/α,β-unsaturated/α-hetero) is 1. The van der Waals surface area contributed by atoms with E-state index in [1.807, 2.05) is 30.3 Å². The zero-order valence-electron chi connectivity index (χ0n) is 10.1. The predicted molar refractivity (Wildman–Crippen MR) is 80.1 cm³/mol. The lowest BCUT2D eigenvalue weighted by molar-refractivity contribution is -0.118. The van der Waals surface area contributed by atoms with Crippen molar-refractivity contribution >= 4 is 33.0 Å². The molecule has 0 unspecified atom stereocenters. The van der Waals surface area contributed by atoms with E-state index < -0.39 is 0 Å². The van der Waals surface area contributed by atoms with Gasteiger partial charge in [0.05, 0.1) is 3.79 Å². The number of carbonyl (C=O) groups is 1. The second kappa shape index (κ2) is 6.86. The first kappa shape index (κ1) is 13.5. The predicted octanol–water partition coefficient (Wildman–Crippen LogP) is 4.65.